The van der Waals surface area contributed by atoms with Gasteiger partial charge in [-0.1, -0.05) is 25.1 Å². The maximum absolute atomic E-state index is 14.5. The van der Waals surface area contributed by atoms with Gasteiger partial charge in [-0.25, -0.2) is 18.7 Å². The van der Waals surface area contributed by atoms with Crippen LogP contribution in [0.15, 0.2) is 41.7 Å². The number of nitrogens with zero attached hydrogens (tertiary/aromatic N) is 5. The van der Waals surface area contributed by atoms with Gasteiger partial charge >= 0.3 is 0 Å². The zero-order valence-corrected chi connectivity index (χ0v) is 23.4. The summed E-state index contributed by atoms with van der Waals surface area (Å²) in [5, 5.41) is 15.5. The number of benzene rings is 1. The molecular weight excluding hydrogens is 534 g/mol. The van der Waals surface area contributed by atoms with Crippen LogP contribution >= 0.6 is 0 Å². The van der Waals surface area contributed by atoms with Crippen LogP contribution in [-0.2, 0) is 6.42 Å². The minimum absolute atomic E-state index is 0.0198. The lowest BCUT2D eigenvalue weighted by molar-refractivity contribution is 0.0921. The quantitative estimate of drug-likeness (QED) is 0.228. The first-order valence-electron chi connectivity index (χ1n) is 13.8. The van der Waals surface area contributed by atoms with Crippen LogP contribution in [0.2, 0.25) is 0 Å². The Morgan fingerprint density at radius 1 is 1.24 bits per heavy atom. The molecule has 0 spiro atoms. The predicted octanol–water partition coefficient (Wildman–Crippen LogP) is 4.36. The Morgan fingerprint density at radius 2 is 1.93 bits per heavy atom. The summed E-state index contributed by atoms with van der Waals surface area (Å²) in [6, 6.07) is 1.18. The van der Waals surface area contributed by atoms with E-state index in [0.29, 0.717) is 41.7 Å². The van der Waals surface area contributed by atoms with Crippen LogP contribution in [0.5, 0.6) is 5.75 Å². The van der Waals surface area contributed by atoms with Crippen molar-refractivity contribution in [1.82, 2.24) is 25.4 Å². The topological polar surface area (TPSA) is 126 Å². The second-order valence-electron chi connectivity index (χ2n) is 10.6. The first-order valence-corrected chi connectivity index (χ1v) is 13.8. The number of aromatic nitrogens is 4. The number of rotatable bonds is 13. The van der Waals surface area contributed by atoms with Crippen molar-refractivity contribution in [1.29, 1.82) is 0 Å². The summed E-state index contributed by atoms with van der Waals surface area (Å²) in [6.07, 6.45) is 9.02. The fourth-order valence-electron chi connectivity index (χ4n) is 4.66. The number of amides is 1. The summed E-state index contributed by atoms with van der Waals surface area (Å²) in [4.78, 5) is 27.8. The van der Waals surface area contributed by atoms with E-state index in [9.17, 15) is 13.6 Å². The van der Waals surface area contributed by atoms with Gasteiger partial charge in [-0.3, -0.25) is 4.79 Å². The molecule has 10 nitrogen and oxygen atoms in total. The number of hydrogen-bond donors (Lipinski definition) is 2. The minimum atomic E-state index is -1.03. The van der Waals surface area contributed by atoms with Gasteiger partial charge in [0.15, 0.2) is 0 Å². The van der Waals surface area contributed by atoms with Gasteiger partial charge in [-0.2, -0.15) is 4.98 Å². The van der Waals surface area contributed by atoms with E-state index in [0.717, 1.165) is 57.3 Å². The molecular formula is C29H36F2N6O4. The van der Waals surface area contributed by atoms with Gasteiger partial charge in [0.1, 0.15) is 22.9 Å². The SMILES string of the molecule is C=CC(CO)NC(=O)c1c(F)cc(OCCCC2CCN(c3ncc(-c4noc(CC(C)C)n4)cn3)CC2)cc1F. The molecule has 1 atom stereocenters. The van der Waals surface area contributed by atoms with Crippen molar-refractivity contribution in [2.75, 3.05) is 31.2 Å². The van der Waals surface area contributed by atoms with Crippen molar-refractivity contribution < 1.29 is 27.9 Å². The van der Waals surface area contributed by atoms with E-state index in [1.165, 1.54) is 6.08 Å². The lowest BCUT2D eigenvalue weighted by Gasteiger charge is -2.32. The fourth-order valence-corrected chi connectivity index (χ4v) is 4.66. The minimum Gasteiger partial charge on any atom is -0.493 e. The van der Waals surface area contributed by atoms with E-state index < -0.39 is 35.8 Å². The third-order valence-electron chi connectivity index (χ3n) is 6.91. The lowest BCUT2D eigenvalue weighted by atomic mass is 9.92. The molecule has 0 aliphatic carbocycles. The van der Waals surface area contributed by atoms with Crippen molar-refractivity contribution in [2.24, 2.45) is 11.8 Å². The van der Waals surface area contributed by atoms with Gasteiger partial charge in [0, 0.05) is 44.0 Å². The molecule has 1 aliphatic heterocycles. The lowest BCUT2D eigenvalue weighted by Crippen LogP contribution is -2.36. The number of carbonyl (C=O) groups is 1. The van der Waals surface area contributed by atoms with Gasteiger partial charge in [0.2, 0.25) is 17.7 Å². The molecule has 1 unspecified atom stereocenters. The van der Waals surface area contributed by atoms with Gasteiger partial charge < -0.3 is 24.6 Å². The van der Waals surface area contributed by atoms with E-state index >= 15 is 0 Å². The second-order valence-corrected chi connectivity index (χ2v) is 10.6. The number of aliphatic hydroxyl groups is 1. The largest absolute Gasteiger partial charge is 0.493 e. The van der Waals surface area contributed by atoms with Crippen LogP contribution in [0.4, 0.5) is 14.7 Å². The Balaban J connectivity index is 1.20. The maximum Gasteiger partial charge on any atom is 0.257 e. The van der Waals surface area contributed by atoms with Crippen molar-refractivity contribution in [3.63, 3.8) is 0 Å². The molecule has 41 heavy (non-hydrogen) atoms. The molecule has 3 aromatic rings. The number of hydrogen-bond acceptors (Lipinski definition) is 9. The number of carbonyl (C=O) groups excluding carboxylic acids is 1. The van der Waals surface area contributed by atoms with E-state index in [1.807, 2.05) is 0 Å². The number of piperidine rings is 1. The Morgan fingerprint density at radius 3 is 2.54 bits per heavy atom. The standard InChI is InChI=1S/C29H36F2N6O4/c1-4-21(17-38)34-28(39)26-23(30)13-22(14-24(26)31)40-11-5-6-19-7-9-37(10-8-19)29-32-15-20(16-33-29)27-35-25(41-36-27)12-18(2)3/h4,13-16,18-19,21,38H,1,5-12,17H2,2-3H3,(H,34,39). The molecule has 1 fully saturated rings. The second kappa shape index (κ2) is 14.1. The van der Waals surface area contributed by atoms with Crippen LogP contribution in [0.1, 0.15) is 55.8 Å². The molecule has 1 aliphatic rings. The zero-order valence-electron chi connectivity index (χ0n) is 23.4. The number of halogens is 2. The zero-order chi connectivity index (χ0) is 29.4. The van der Waals surface area contributed by atoms with Crippen molar-refractivity contribution in [2.45, 2.75) is 52.0 Å². The van der Waals surface area contributed by atoms with Crippen molar-refractivity contribution in [3.05, 3.63) is 60.3 Å². The van der Waals surface area contributed by atoms with Gasteiger partial charge in [-0.05, 0) is 37.5 Å². The summed E-state index contributed by atoms with van der Waals surface area (Å²) in [6.45, 7) is 9.16. The van der Waals surface area contributed by atoms with E-state index in [-0.39, 0.29) is 5.75 Å². The Labute approximate surface area is 237 Å². The molecule has 0 saturated carbocycles. The average Bonchev–Trinajstić information content (AvgIpc) is 3.42. The molecule has 12 heteroatoms. The first kappa shape index (κ1) is 30.0. The molecule has 1 aromatic carbocycles. The predicted molar refractivity (Wildman–Crippen MR) is 148 cm³/mol. The Kier molecular flexibility index (Phi) is 10.3. The van der Waals surface area contributed by atoms with Gasteiger partial charge in [-0.15, -0.1) is 6.58 Å². The highest BCUT2D eigenvalue weighted by Gasteiger charge is 2.23. The number of anilines is 1. The van der Waals surface area contributed by atoms with E-state index in [2.05, 4.69) is 50.8 Å². The van der Waals surface area contributed by atoms with Crippen LogP contribution in [-0.4, -0.2) is 63.5 Å². The van der Waals surface area contributed by atoms with Crippen molar-refractivity contribution >= 4 is 11.9 Å². The Bertz CT molecular complexity index is 1290. The third kappa shape index (κ3) is 8.06. The molecule has 1 amide bonds. The van der Waals surface area contributed by atoms with Crippen LogP contribution in [0, 0.1) is 23.5 Å². The van der Waals surface area contributed by atoms with Gasteiger partial charge in [0.05, 0.1) is 24.8 Å². The average molecular weight is 571 g/mol. The summed E-state index contributed by atoms with van der Waals surface area (Å²) >= 11 is 0. The Hall–Kier alpha value is -3.93. The molecule has 0 bridgehead atoms. The summed E-state index contributed by atoms with van der Waals surface area (Å²) in [5.41, 5.74) is -0.0169. The van der Waals surface area contributed by atoms with E-state index in [4.69, 9.17) is 14.4 Å². The fraction of sp³-hybridized carbons (Fsp3) is 0.483. The van der Waals surface area contributed by atoms with Crippen LogP contribution < -0.4 is 15.0 Å². The molecule has 2 N–H and O–H groups in total. The number of nitrogens with one attached hydrogen (secondary N) is 1. The molecule has 2 aromatic heterocycles. The first-order chi connectivity index (χ1) is 19.8. The number of ether oxygens (including phenoxy) is 1. The molecule has 1 saturated heterocycles. The molecule has 0 radical (unpaired) electrons. The van der Waals surface area contributed by atoms with E-state index in [1.54, 1.807) is 12.4 Å². The monoisotopic (exact) mass is 570 g/mol. The van der Waals surface area contributed by atoms with Crippen molar-refractivity contribution in [3.8, 4) is 17.1 Å². The van der Waals surface area contributed by atoms with Crippen LogP contribution in [0.3, 0.4) is 0 Å². The highest BCUT2D eigenvalue weighted by atomic mass is 19.1. The maximum atomic E-state index is 14.5. The molecule has 220 valence electrons. The molecule has 4 rings (SSSR count). The summed E-state index contributed by atoms with van der Waals surface area (Å²) in [5.74, 6) is -0.342. The number of aliphatic hydroxyl groups excluding tert-OH is 1. The van der Waals surface area contributed by atoms with Gasteiger partial charge in [0.25, 0.3) is 5.91 Å². The van der Waals surface area contributed by atoms with Crippen LogP contribution in [0.25, 0.3) is 11.4 Å². The smallest absolute Gasteiger partial charge is 0.257 e. The summed E-state index contributed by atoms with van der Waals surface area (Å²) < 4.78 is 39.8. The third-order valence-corrected chi connectivity index (χ3v) is 6.91. The highest BCUT2D eigenvalue weighted by molar-refractivity contribution is 5.95. The highest BCUT2D eigenvalue weighted by Crippen LogP contribution is 2.26. The summed E-state index contributed by atoms with van der Waals surface area (Å²) in [7, 11) is 0. The normalized spacial score (nSPS) is 14.7. The molecule has 3 heterocycles.